The molecule has 0 nitrogen and oxygen atoms in total. The maximum atomic E-state index is 15.6. The molecule has 0 heterocycles. The Kier molecular flexibility index (Phi) is 8.67. The molecule has 2 fully saturated rings. The monoisotopic (exact) mass is 448 g/mol. The molecule has 0 bridgehead atoms. The normalized spacial score (nSPS) is 28.0. The molecular formula is C32H45F. The molecule has 1 heteroatoms. The molecule has 0 spiro atoms. The van der Waals surface area contributed by atoms with E-state index in [1.165, 1.54) is 80.9 Å². The average molecular weight is 449 g/mol. The summed E-state index contributed by atoms with van der Waals surface area (Å²) in [6, 6.07) is 17.6. The van der Waals surface area contributed by atoms with E-state index in [-0.39, 0.29) is 0 Å². The van der Waals surface area contributed by atoms with E-state index in [0.29, 0.717) is 12.8 Å². The molecule has 180 valence electrons. The summed E-state index contributed by atoms with van der Waals surface area (Å²) in [5, 5.41) is 0. The van der Waals surface area contributed by atoms with Crippen molar-refractivity contribution in [1.82, 2.24) is 0 Å². The number of hydrogen-bond donors (Lipinski definition) is 0. The first-order valence-corrected chi connectivity index (χ1v) is 14.0. The molecule has 2 aliphatic rings. The Balaban J connectivity index is 1.32. The highest BCUT2D eigenvalue weighted by molar-refractivity contribution is 5.64. The lowest BCUT2D eigenvalue weighted by Crippen LogP contribution is -2.27. The van der Waals surface area contributed by atoms with Crippen LogP contribution in [0.4, 0.5) is 4.39 Å². The zero-order valence-electron chi connectivity index (χ0n) is 21.1. The van der Waals surface area contributed by atoms with Crippen LogP contribution in [0.15, 0.2) is 48.5 Å². The Labute approximate surface area is 202 Å². The van der Waals surface area contributed by atoms with Crippen LogP contribution in [0.1, 0.15) is 121 Å². The number of benzene rings is 2. The fraction of sp³-hybridized carbons (Fsp3) is 0.625. The van der Waals surface area contributed by atoms with Gasteiger partial charge in [0.25, 0.3) is 0 Å². The molecule has 0 aromatic heterocycles. The largest absolute Gasteiger partial charge is 0.239 e. The Hall–Kier alpha value is -1.63. The molecule has 0 unspecified atom stereocenters. The van der Waals surface area contributed by atoms with Crippen LogP contribution in [0.5, 0.6) is 0 Å². The van der Waals surface area contributed by atoms with E-state index in [0.717, 1.165) is 36.2 Å². The highest BCUT2D eigenvalue weighted by Crippen LogP contribution is 2.44. The van der Waals surface area contributed by atoms with E-state index in [2.05, 4.69) is 50.2 Å². The smallest absolute Gasteiger partial charge is 0.136 e. The van der Waals surface area contributed by atoms with Crippen molar-refractivity contribution in [2.45, 2.75) is 115 Å². The highest BCUT2D eigenvalue weighted by Gasteiger charge is 2.36. The molecule has 33 heavy (non-hydrogen) atoms. The topological polar surface area (TPSA) is 0 Å². The van der Waals surface area contributed by atoms with Crippen LogP contribution in [0.25, 0.3) is 11.1 Å². The van der Waals surface area contributed by atoms with Gasteiger partial charge >= 0.3 is 0 Å². The van der Waals surface area contributed by atoms with Gasteiger partial charge in [0.05, 0.1) is 0 Å². The summed E-state index contributed by atoms with van der Waals surface area (Å²) in [6.07, 6.45) is 17.0. The van der Waals surface area contributed by atoms with Gasteiger partial charge in [-0.15, -0.1) is 0 Å². The van der Waals surface area contributed by atoms with Gasteiger partial charge in [0, 0.05) is 0 Å². The number of hydrogen-bond acceptors (Lipinski definition) is 0. The van der Waals surface area contributed by atoms with Gasteiger partial charge in [-0.25, -0.2) is 4.39 Å². The van der Waals surface area contributed by atoms with E-state index in [9.17, 15) is 0 Å². The van der Waals surface area contributed by atoms with Gasteiger partial charge in [-0.05, 0) is 91.4 Å². The zero-order chi connectivity index (χ0) is 23.1. The summed E-state index contributed by atoms with van der Waals surface area (Å²) in [5.74, 6) is 2.43. The predicted molar refractivity (Wildman–Crippen MR) is 140 cm³/mol. The van der Waals surface area contributed by atoms with Crippen molar-refractivity contribution in [3.63, 3.8) is 0 Å². The highest BCUT2D eigenvalue weighted by atomic mass is 19.1. The molecule has 0 radical (unpaired) electrons. The molecule has 4 rings (SSSR count). The molecule has 0 N–H and O–H groups in total. The van der Waals surface area contributed by atoms with E-state index in [1.54, 1.807) is 0 Å². The van der Waals surface area contributed by atoms with E-state index in [4.69, 9.17) is 0 Å². The van der Waals surface area contributed by atoms with Crippen LogP contribution >= 0.6 is 0 Å². The lowest BCUT2D eigenvalue weighted by molar-refractivity contribution is 0.0793. The first-order valence-electron chi connectivity index (χ1n) is 14.0. The van der Waals surface area contributed by atoms with Crippen LogP contribution in [0.2, 0.25) is 0 Å². The number of unbranched alkanes of at least 4 members (excludes halogenated alkanes) is 2. The Bertz CT molecular complexity index is 818. The standard InChI is InChI=1S/C32H45F/c1-3-5-6-8-26-9-11-27(12-10-26)28-13-15-29(16-14-28)30-17-19-31(20-18-30)32(33)23-21-25(7-4-2)22-24-32/h13-20,25-27H,3-12,21-24H2,1-2H3/t25-,26-,27-,32-. The van der Waals surface area contributed by atoms with Gasteiger partial charge in [-0.3, -0.25) is 0 Å². The van der Waals surface area contributed by atoms with E-state index in [1.807, 2.05) is 12.1 Å². The average Bonchev–Trinajstić information content (AvgIpc) is 2.87. The lowest BCUT2D eigenvalue weighted by atomic mass is 9.75. The molecule has 0 saturated heterocycles. The van der Waals surface area contributed by atoms with Crippen molar-refractivity contribution in [2.75, 3.05) is 0 Å². The molecule has 2 aromatic rings. The summed E-state index contributed by atoms with van der Waals surface area (Å²) in [5.41, 5.74) is 3.72. The lowest BCUT2D eigenvalue weighted by Gasteiger charge is -2.34. The Morgan fingerprint density at radius 3 is 1.82 bits per heavy atom. The van der Waals surface area contributed by atoms with Crippen molar-refractivity contribution < 1.29 is 4.39 Å². The zero-order valence-corrected chi connectivity index (χ0v) is 21.1. The fourth-order valence-corrected chi connectivity index (χ4v) is 6.50. The SMILES string of the molecule is CCCCC[C@H]1CC[C@H](c2ccc(-c3ccc([C@]4(F)CC[C@H](CCC)CC4)cc3)cc2)CC1. The molecule has 2 aromatic carbocycles. The van der Waals surface area contributed by atoms with Crippen LogP contribution in [0, 0.1) is 11.8 Å². The van der Waals surface area contributed by atoms with E-state index >= 15 is 4.39 Å². The summed E-state index contributed by atoms with van der Waals surface area (Å²) < 4.78 is 15.6. The van der Waals surface area contributed by atoms with Crippen molar-refractivity contribution in [1.29, 1.82) is 0 Å². The second kappa shape index (κ2) is 11.7. The predicted octanol–water partition coefficient (Wildman–Crippen LogP) is 10.4. The third-order valence-corrected chi connectivity index (χ3v) is 8.77. The minimum absolute atomic E-state index is 0.687. The summed E-state index contributed by atoms with van der Waals surface area (Å²) in [6.45, 7) is 4.54. The first-order chi connectivity index (χ1) is 16.1. The Morgan fingerprint density at radius 2 is 1.24 bits per heavy atom. The summed E-state index contributed by atoms with van der Waals surface area (Å²) in [7, 11) is 0. The van der Waals surface area contributed by atoms with Crippen LogP contribution < -0.4 is 0 Å². The van der Waals surface area contributed by atoms with Gasteiger partial charge < -0.3 is 0 Å². The minimum Gasteiger partial charge on any atom is -0.239 e. The van der Waals surface area contributed by atoms with Gasteiger partial charge in [0.1, 0.15) is 5.67 Å². The first kappa shape index (κ1) is 24.5. The van der Waals surface area contributed by atoms with Crippen molar-refractivity contribution >= 4 is 0 Å². The van der Waals surface area contributed by atoms with Gasteiger partial charge in [0.15, 0.2) is 0 Å². The second-order valence-electron chi connectivity index (χ2n) is 11.1. The molecular weight excluding hydrogens is 403 g/mol. The second-order valence-corrected chi connectivity index (χ2v) is 11.1. The Morgan fingerprint density at radius 1 is 0.667 bits per heavy atom. The van der Waals surface area contributed by atoms with Crippen LogP contribution in [-0.4, -0.2) is 0 Å². The van der Waals surface area contributed by atoms with Gasteiger partial charge in [-0.1, -0.05) is 101 Å². The molecule has 2 saturated carbocycles. The number of halogens is 1. The third kappa shape index (κ3) is 6.28. The maximum Gasteiger partial charge on any atom is 0.136 e. The van der Waals surface area contributed by atoms with Crippen molar-refractivity contribution in [3.8, 4) is 11.1 Å². The van der Waals surface area contributed by atoms with Crippen molar-refractivity contribution in [3.05, 3.63) is 59.7 Å². The fourth-order valence-electron chi connectivity index (χ4n) is 6.50. The van der Waals surface area contributed by atoms with Crippen LogP contribution in [-0.2, 0) is 5.67 Å². The molecule has 0 amide bonds. The number of alkyl halides is 1. The minimum atomic E-state index is -1.12. The number of rotatable bonds is 9. The maximum absolute atomic E-state index is 15.6. The molecule has 0 aliphatic heterocycles. The molecule has 0 atom stereocenters. The quantitative estimate of drug-likeness (QED) is 0.335. The molecule has 2 aliphatic carbocycles. The third-order valence-electron chi connectivity index (χ3n) is 8.77. The van der Waals surface area contributed by atoms with Crippen LogP contribution in [0.3, 0.4) is 0 Å². The summed E-state index contributed by atoms with van der Waals surface area (Å²) in [4.78, 5) is 0. The van der Waals surface area contributed by atoms with E-state index < -0.39 is 5.67 Å². The van der Waals surface area contributed by atoms with Gasteiger partial charge in [-0.2, -0.15) is 0 Å². The van der Waals surface area contributed by atoms with Gasteiger partial charge in [0.2, 0.25) is 0 Å². The van der Waals surface area contributed by atoms with Crippen molar-refractivity contribution in [2.24, 2.45) is 11.8 Å². The summed E-state index contributed by atoms with van der Waals surface area (Å²) >= 11 is 0.